The van der Waals surface area contributed by atoms with Crippen molar-refractivity contribution in [2.45, 2.75) is 68.2 Å². The van der Waals surface area contributed by atoms with E-state index in [1.165, 1.54) is 27.2 Å². The molecule has 5 N–H and O–H groups in total. The van der Waals surface area contributed by atoms with Gasteiger partial charge in [0.2, 0.25) is 17.3 Å². The van der Waals surface area contributed by atoms with Gasteiger partial charge in [-0.3, -0.25) is 19.2 Å². The number of aromatic hydroxyl groups is 1. The Bertz CT molecular complexity index is 2070. The van der Waals surface area contributed by atoms with E-state index in [4.69, 9.17) is 28.4 Å². The lowest BCUT2D eigenvalue weighted by atomic mass is 9.56. The van der Waals surface area contributed by atoms with Crippen molar-refractivity contribution < 1.29 is 82.4 Å². The first-order valence-electron chi connectivity index (χ1n) is 16.9. The molecule has 0 unspecified atom stereocenters. The van der Waals surface area contributed by atoms with Crippen LogP contribution in [0.3, 0.4) is 0 Å². The summed E-state index contributed by atoms with van der Waals surface area (Å²) in [6.45, 7) is 2.22. The first kappa shape index (κ1) is 39.6. The molecule has 0 saturated carbocycles. The Hall–Kier alpha value is -5.08. The predicted molar refractivity (Wildman–Crippen MR) is 182 cm³/mol. The Morgan fingerprint density at radius 2 is 1.62 bits per heavy atom. The van der Waals surface area contributed by atoms with E-state index < -0.39 is 141 Å². The smallest absolute Gasteiger partial charge is 0.343 e. The summed E-state index contributed by atoms with van der Waals surface area (Å²) in [7, 11) is 5.67. The monoisotopic (exact) mass is 769 g/mol. The molecule has 18 heteroatoms. The minimum Gasteiger partial charge on any atom is -0.506 e. The molecule has 1 saturated heterocycles. The first-order chi connectivity index (χ1) is 26.0. The van der Waals surface area contributed by atoms with Crippen LogP contribution in [-0.4, -0.2) is 140 Å². The van der Waals surface area contributed by atoms with Gasteiger partial charge in [-0.1, -0.05) is 6.07 Å². The van der Waals surface area contributed by atoms with Crippen molar-refractivity contribution in [3.8, 4) is 11.5 Å². The fourth-order valence-electron chi connectivity index (χ4n) is 8.16. The number of aryl methyl sites for hydroxylation is 1. The number of methoxy groups -OCH3 is 5. The highest BCUT2D eigenvalue weighted by molar-refractivity contribution is 6.31. The molecular weight excluding hydrogens is 730 g/mol. The molecule has 0 amide bonds. The zero-order chi connectivity index (χ0) is 40.5. The second-order valence-electron chi connectivity index (χ2n) is 13.4. The van der Waals surface area contributed by atoms with Crippen LogP contribution >= 0.6 is 0 Å². The molecule has 0 spiro atoms. The van der Waals surface area contributed by atoms with Crippen LogP contribution in [-0.2, 0) is 45.2 Å². The molecule has 55 heavy (non-hydrogen) atoms. The number of carbonyl (C=O) groups excluding carboxylic acids is 6. The van der Waals surface area contributed by atoms with Gasteiger partial charge in [-0.25, -0.2) is 9.59 Å². The van der Waals surface area contributed by atoms with Crippen molar-refractivity contribution in [2.75, 3.05) is 42.2 Å². The minimum atomic E-state index is -3.27. The molecule has 1 aliphatic heterocycles. The van der Waals surface area contributed by atoms with Crippen molar-refractivity contribution >= 4 is 35.1 Å². The van der Waals surface area contributed by atoms with E-state index in [2.05, 4.69) is 10.1 Å². The number of ketones is 4. The van der Waals surface area contributed by atoms with Crippen molar-refractivity contribution in [2.24, 2.45) is 0 Å². The standard InChI is InChI=1S/C37H39NO17/c1-13-8-15-9-20(40)37(53-7)33(46)24-17(32(45)36(37,48)25(15)30(22(13)35(47)52-6)54-12-21(41)49-3)10-16-23(27(24)43)19(39)11-18(26(16)42)38-34-31(51-5)28(44)29(50-4)14(2)55-34/h8,10-11,14,20,28-29,31,34,38,40,43-44,48H,9,12H2,1-7H3/t14-,20+,28+,29-,31+,34-,36-,37+/m0/s1. The zero-order valence-electron chi connectivity index (χ0n) is 30.7. The van der Waals surface area contributed by atoms with Crippen molar-refractivity contribution in [3.63, 3.8) is 0 Å². The average molecular weight is 770 g/mol. The Balaban J connectivity index is 1.54. The van der Waals surface area contributed by atoms with Gasteiger partial charge in [0.05, 0.1) is 43.3 Å². The molecule has 294 valence electrons. The Kier molecular flexibility index (Phi) is 10.2. The third-order valence-electron chi connectivity index (χ3n) is 10.7. The number of hydrogen-bond acceptors (Lipinski definition) is 18. The molecular formula is C37H39NO17. The van der Waals surface area contributed by atoms with Gasteiger partial charge in [-0.15, -0.1) is 0 Å². The largest absolute Gasteiger partial charge is 0.506 e. The molecule has 6 rings (SSSR count). The topological polar surface area (TPSA) is 260 Å². The van der Waals surface area contributed by atoms with Crippen molar-refractivity contribution in [1.29, 1.82) is 0 Å². The van der Waals surface area contributed by atoms with Gasteiger partial charge in [-0.05, 0) is 31.0 Å². The summed E-state index contributed by atoms with van der Waals surface area (Å²) in [4.78, 5) is 82.7. The molecule has 4 aliphatic rings. The Morgan fingerprint density at radius 1 is 0.945 bits per heavy atom. The Morgan fingerprint density at radius 3 is 2.22 bits per heavy atom. The molecule has 1 fully saturated rings. The first-order valence-corrected chi connectivity index (χ1v) is 16.9. The summed E-state index contributed by atoms with van der Waals surface area (Å²) in [6.07, 6.45) is -6.73. The van der Waals surface area contributed by atoms with Crippen LogP contribution in [0.2, 0.25) is 0 Å². The number of benzene rings is 2. The van der Waals surface area contributed by atoms with Crippen LogP contribution in [0.5, 0.6) is 11.5 Å². The van der Waals surface area contributed by atoms with Gasteiger partial charge >= 0.3 is 11.9 Å². The van der Waals surface area contributed by atoms with E-state index in [1.807, 2.05) is 0 Å². The van der Waals surface area contributed by atoms with Crippen molar-refractivity contribution in [3.05, 3.63) is 68.4 Å². The molecule has 8 atom stereocenters. The van der Waals surface area contributed by atoms with E-state index >= 15 is 0 Å². The average Bonchev–Trinajstić information content (AvgIpc) is 3.14. The summed E-state index contributed by atoms with van der Waals surface area (Å²) >= 11 is 0. The van der Waals surface area contributed by atoms with Crippen LogP contribution in [0.25, 0.3) is 0 Å². The van der Waals surface area contributed by atoms with Gasteiger partial charge in [0.25, 0.3) is 0 Å². The van der Waals surface area contributed by atoms with Crippen LogP contribution in [0.15, 0.2) is 23.9 Å². The molecule has 18 nitrogen and oxygen atoms in total. The summed E-state index contributed by atoms with van der Waals surface area (Å²) < 4.78 is 37.5. The third kappa shape index (κ3) is 5.50. The number of allylic oxidation sites excluding steroid dienone is 2. The molecule has 2 aromatic rings. The number of carbonyl (C=O) groups is 6. The van der Waals surface area contributed by atoms with Gasteiger partial charge in [-0.2, -0.15) is 0 Å². The second-order valence-corrected chi connectivity index (χ2v) is 13.4. The molecule has 0 bridgehead atoms. The molecule has 0 radical (unpaired) electrons. The number of ether oxygens (including phenoxy) is 7. The number of nitrogens with one attached hydrogen (secondary N) is 1. The summed E-state index contributed by atoms with van der Waals surface area (Å²) in [5.74, 6) is -8.34. The number of aliphatic hydroxyl groups is 3. The lowest BCUT2D eigenvalue weighted by Crippen LogP contribution is -2.73. The van der Waals surface area contributed by atoms with Crippen molar-refractivity contribution in [1.82, 2.24) is 5.32 Å². The third-order valence-corrected chi connectivity index (χ3v) is 10.7. The fraction of sp³-hybridized carbons (Fsp3) is 0.459. The number of hydrogen-bond donors (Lipinski definition) is 5. The second kappa shape index (κ2) is 14.2. The number of phenols is 1. The van der Waals surface area contributed by atoms with Gasteiger partial charge in [0, 0.05) is 50.5 Å². The van der Waals surface area contributed by atoms with E-state index in [-0.39, 0.29) is 16.7 Å². The quantitative estimate of drug-likeness (QED) is 0.203. The number of fused-ring (bicyclic) bond motifs is 5. The zero-order valence-corrected chi connectivity index (χ0v) is 30.7. The van der Waals surface area contributed by atoms with E-state index in [0.29, 0.717) is 0 Å². The maximum Gasteiger partial charge on any atom is 0.343 e. The SMILES string of the molecule is COC(=O)COc1c(C(=O)OC)c(C)cc2c1[C@]1(O)C(=O)c3cc4c(c(O)c3C(=O)[C@]1(OC)[C@H](O)C2)C(=O)C=C(N[C@H]1O[C@@H](C)[C@H](OC)[C@@H](O)[C@H]1OC)C4=O. The van der Waals surface area contributed by atoms with Crippen LogP contribution in [0.4, 0.5) is 0 Å². The highest BCUT2D eigenvalue weighted by Crippen LogP contribution is 2.57. The van der Waals surface area contributed by atoms with Crippen LogP contribution in [0.1, 0.15) is 75.4 Å². The van der Waals surface area contributed by atoms with E-state index in [9.17, 15) is 49.2 Å². The number of aliphatic hydroxyl groups excluding tert-OH is 2. The summed E-state index contributed by atoms with van der Waals surface area (Å²) in [5, 5.41) is 49.7. The molecule has 3 aliphatic carbocycles. The van der Waals surface area contributed by atoms with Crippen LogP contribution < -0.4 is 10.1 Å². The lowest BCUT2D eigenvalue weighted by Gasteiger charge is -2.53. The van der Waals surface area contributed by atoms with Crippen LogP contribution in [0, 0.1) is 6.92 Å². The molecule has 2 aromatic carbocycles. The van der Waals surface area contributed by atoms with E-state index in [1.54, 1.807) is 6.92 Å². The number of Topliss-reactive ketones (excluding diaryl/α,β-unsaturated/α-hetero) is 3. The molecule has 1 heterocycles. The highest BCUT2D eigenvalue weighted by Gasteiger charge is 2.73. The fourth-order valence-corrected chi connectivity index (χ4v) is 8.16. The lowest BCUT2D eigenvalue weighted by molar-refractivity contribution is -0.236. The molecule has 0 aromatic heterocycles. The van der Waals surface area contributed by atoms with E-state index in [0.717, 1.165) is 33.5 Å². The normalized spacial score (nSPS) is 29.7. The Labute approximate surface area is 312 Å². The van der Waals surface area contributed by atoms with Gasteiger partial charge < -0.3 is 58.9 Å². The number of phenolic OH excluding ortho intramolecular Hbond substituents is 1. The highest BCUT2D eigenvalue weighted by atomic mass is 16.6. The maximum absolute atomic E-state index is 14.9. The van der Waals surface area contributed by atoms with Gasteiger partial charge in [0.15, 0.2) is 29.8 Å². The van der Waals surface area contributed by atoms with Gasteiger partial charge in [0.1, 0.15) is 35.4 Å². The predicted octanol–water partition coefficient (Wildman–Crippen LogP) is -0.404. The summed E-state index contributed by atoms with van der Waals surface area (Å²) in [6, 6.07) is 2.19. The maximum atomic E-state index is 14.9. The summed E-state index contributed by atoms with van der Waals surface area (Å²) in [5.41, 5.74) is -10.1. The number of esters is 2. The number of rotatable bonds is 9. The minimum absolute atomic E-state index is 0.00690.